The van der Waals surface area contributed by atoms with E-state index in [1.165, 1.54) is 24.3 Å². The summed E-state index contributed by atoms with van der Waals surface area (Å²) in [5, 5.41) is 14.5. The summed E-state index contributed by atoms with van der Waals surface area (Å²) in [5.74, 6) is -0.0474. The molecule has 1 unspecified atom stereocenters. The van der Waals surface area contributed by atoms with E-state index in [1.807, 2.05) is 11.8 Å². The zero-order chi connectivity index (χ0) is 22.4. The van der Waals surface area contributed by atoms with Gasteiger partial charge in [0.15, 0.2) is 0 Å². The molecular formula is C23H27F2N3O3. The Hall–Kier alpha value is -2.81. The first-order valence-corrected chi connectivity index (χ1v) is 10.0. The van der Waals surface area contributed by atoms with Crippen molar-refractivity contribution < 1.29 is 23.4 Å². The molecule has 31 heavy (non-hydrogen) atoms. The Morgan fingerprint density at radius 3 is 2.52 bits per heavy atom. The molecule has 0 aliphatic heterocycles. The number of hydrogen-bond acceptors (Lipinski definition) is 5. The molecule has 0 radical (unpaired) electrons. The maximum atomic E-state index is 13.7. The number of halogens is 2. The van der Waals surface area contributed by atoms with Crippen molar-refractivity contribution in [1.82, 2.24) is 14.7 Å². The maximum Gasteiger partial charge on any atom is 0.227 e. The minimum atomic E-state index is -0.531. The van der Waals surface area contributed by atoms with Crippen molar-refractivity contribution in [2.24, 2.45) is 0 Å². The number of ether oxygens (including phenoxy) is 2. The van der Waals surface area contributed by atoms with Gasteiger partial charge >= 0.3 is 0 Å². The van der Waals surface area contributed by atoms with Gasteiger partial charge in [-0.2, -0.15) is 5.10 Å². The third-order valence-electron chi connectivity index (χ3n) is 4.73. The number of rotatable bonds is 10. The monoisotopic (exact) mass is 431 g/mol. The van der Waals surface area contributed by atoms with Crippen LogP contribution in [0.3, 0.4) is 0 Å². The fraction of sp³-hybridized carbons (Fsp3) is 0.348. The van der Waals surface area contributed by atoms with Crippen LogP contribution < -0.4 is 4.74 Å². The van der Waals surface area contributed by atoms with E-state index in [-0.39, 0.29) is 5.82 Å². The van der Waals surface area contributed by atoms with Crippen LogP contribution in [-0.4, -0.2) is 52.7 Å². The molecule has 0 spiro atoms. The zero-order valence-corrected chi connectivity index (χ0v) is 17.9. The molecule has 6 nitrogen and oxygen atoms in total. The summed E-state index contributed by atoms with van der Waals surface area (Å²) < 4.78 is 40.0. The highest BCUT2D eigenvalue weighted by atomic mass is 19.1. The Morgan fingerprint density at radius 1 is 1.13 bits per heavy atom. The van der Waals surface area contributed by atoms with Crippen LogP contribution in [0.2, 0.25) is 0 Å². The van der Waals surface area contributed by atoms with Gasteiger partial charge in [0, 0.05) is 32.8 Å². The highest BCUT2D eigenvalue weighted by Gasteiger charge is 2.22. The highest BCUT2D eigenvalue weighted by Crippen LogP contribution is 2.32. The van der Waals surface area contributed by atoms with Crippen molar-refractivity contribution in [1.29, 1.82) is 0 Å². The fourth-order valence-electron chi connectivity index (χ4n) is 3.28. The molecule has 0 amide bonds. The minimum Gasteiger partial charge on any atom is -0.438 e. The number of methoxy groups -OCH3 is 1. The number of aliphatic hydroxyl groups excluding tert-OH is 1. The maximum absolute atomic E-state index is 13.7. The number of aryl methyl sites for hydroxylation is 1. The second kappa shape index (κ2) is 10.5. The summed E-state index contributed by atoms with van der Waals surface area (Å²) in [5.41, 5.74) is 2.11. The molecule has 166 valence electrons. The van der Waals surface area contributed by atoms with Crippen molar-refractivity contribution in [3.63, 3.8) is 0 Å². The predicted molar refractivity (Wildman–Crippen MR) is 114 cm³/mol. The van der Waals surface area contributed by atoms with E-state index in [1.54, 1.807) is 43.0 Å². The van der Waals surface area contributed by atoms with E-state index in [9.17, 15) is 13.9 Å². The Kier molecular flexibility index (Phi) is 7.73. The predicted octanol–water partition coefficient (Wildman–Crippen LogP) is 4.08. The molecule has 0 saturated carbocycles. The Labute approximate surface area is 180 Å². The Bertz CT molecular complexity index is 990. The first-order valence-electron chi connectivity index (χ1n) is 10.0. The van der Waals surface area contributed by atoms with Crippen LogP contribution >= 0.6 is 0 Å². The average Bonchev–Trinajstić information content (AvgIpc) is 3.02. The molecule has 0 saturated heterocycles. The summed E-state index contributed by atoms with van der Waals surface area (Å²) in [6.45, 7) is 5.54. The Morgan fingerprint density at radius 2 is 1.87 bits per heavy atom. The first-order chi connectivity index (χ1) is 14.9. The summed E-state index contributed by atoms with van der Waals surface area (Å²) in [6, 6.07) is 11.7. The molecule has 1 aromatic heterocycles. The van der Waals surface area contributed by atoms with E-state index < -0.39 is 11.9 Å². The molecule has 2 aromatic carbocycles. The molecule has 0 aliphatic carbocycles. The van der Waals surface area contributed by atoms with Gasteiger partial charge in [-0.05, 0) is 50.2 Å². The lowest BCUT2D eigenvalue weighted by Crippen LogP contribution is -2.33. The van der Waals surface area contributed by atoms with Crippen molar-refractivity contribution in [3.8, 4) is 17.3 Å². The van der Waals surface area contributed by atoms with Crippen LogP contribution in [0.5, 0.6) is 11.6 Å². The van der Waals surface area contributed by atoms with Crippen LogP contribution in [0.4, 0.5) is 8.78 Å². The van der Waals surface area contributed by atoms with E-state index >= 15 is 0 Å². The molecule has 3 rings (SSSR count). The van der Waals surface area contributed by atoms with Gasteiger partial charge in [-0.25, -0.2) is 13.5 Å². The normalized spacial score (nSPS) is 12.4. The summed E-state index contributed by atoms with van der Waals surface area (Å²) in [6.07, 6.45) is -0.531. The van der Waals surface area contributed by atoms with Crippen LogP contribution in [0.15, 0.2) is 48.5 Å². The number of hydrogen-bond donors (Lipinski definition) is 1. The lowest BCUT2D eigenvalue weighted by molar-refractivity contribution is 0.0934. The lowest BCUT2D eigenvalue weighted by atomic mass is 10.2. The van der Waals surface area contributed by atoms with Gasteiger partial charge < -0.3 is 14.6 Å². The largest absolute Gasteiger partial charge is 0.438 e. The number of aromatic nitrogens is 2. The molecule has 8 heteroatoms. The molecule has 0 fully saturated rings. The number of benzene rings is 2. The topological polar surface area (TPSA) is 59.8 Å². The molecule has 0 aliphatic rings. The van der Waals surface area contributed by atoms with Gasteiger partial charge in [0.1, 0.15) is 17.4 Å². The average molecular weight is 431 g/mol. The minimum absolute atomic E-state index is 0.323. The van der Waals surface area contributed by atoms with E-state index in [4.69, 9.17) is 9.47 Å². The summed E-state index contributed by atoms with van der Waals surface area (Å²) >= 11 is 0. The number of nitrogens with zero attached hydrogens (tertiary/aromatic N) is 3. The number of aliphatic hydroxyl groups is 1. The van der Waals surface area contributed by atoms with E-state index in [0.717, 1.165) is 5.56 Å². The van der Waals surface area contributed by atoms with Gasteiger partial charge in [0.25, 0.3) is 0 Å². The fourth-order valence-corrected chi connectivity index (χ4v) is 3.28. The molecule has 3 aromatic rings. The molecule has 1 atom stereocenters. The van der Waals surface area contributed by atoms with E-state index in [0.29, 0.717) is 49.3 Å². The SMILES string of the molecule is COCCN(Cc1c(C)nn(-c2ccc(F)cc2)c1Oc1cccc(F)c1)CC(C)O. The van der Waals surface area contributed by atoms with Crippen molar-refractivity contribution >= 4 is 0 Å². The smallest absolute Gasteiger partial charge is 0.227 e. The van der Waals surface area contributed by atoms with Gasteiger partial charge in [0.05, 0.1) is 29.7 Å². The van der Waals surface area contributed by atoms with Crippen LogP contribution in [-0.2, 0) is 11.3 Å². The lowest BCUT2D eigenvalue weighted by Gasteiger charge is -2.23. The van der Waals surface area contributed by atoms with Crippen molar-refractivity contribution in [2.45, 2.75) is 26.5 Å². The third-order valence-corrected chi connectivity index (χ3v) is 4.73. The first kappa shape index (κ1) is 22.9. The second-order valence-electron chi connectivity index (χ2n) is 7.39. The Balaban J connectivity index is 2.03. The molecule has 1 N–H and O–H groups in total. The van der Waals surface area contributed by atoms with Gasteiger partial charge in [-0.1, -0.05) is 6.07 Å². The van der Waals surface area contributed by atoms with Gasteiger partial charge in [-0.15, -0.1) is 0 Å². The standard InChI is InChI=1S/C23H27F2N3O3/c1-16(29)14-27(11-12-30-3)15-22-17(2)26-28(20-9-7-18(24)8-10-20)23(22)31-21-6-4-5-19(25)13-21/h4-10,13,16,29H,11-12,14-15H2,1-3H3. The second-order valence-corrected chi connectivity index (χ2v) is 7.39. The van der Waals surface area contributed by atoms with E-state index in [2.05, 4.69) is 5.10 Å². The van der Waals surface area contributed by atoms with Crippen molar-refractivity contribution in [2.75, 3.05) is 26.8 Å². The molecule has 0 bridgehead atoms. The summed E-state index contributed by atoms with van der Waals surface area (Å²) in [4.78, 5) is 2.03. The molecule has 1 heterocycles. The quantitative estimate of drug-likeness (QED) is 0.524. The van der Waals surface area contributed by atoms with Crippen LogP contribution in [0, 0.1) is 18.6 Å². The van der Waals surface area contributed by atoms with Crippen LogP contribution in [0.25, 0.3) is 5.69 Å². The van der Waals surface area contributed by atoms with Crippen LogP contribution in [0.1, 0.15) is 18.2 Å². The van der Waals surface area contributed by atoms with Gasteiger partial charge in [-0.3, -0.25) is 4.90 Å². The van der Waals surface area contributed by atoms with Crippen molar-refractivity contribution in [3.05, 3.63) is 71.4 Å². The summed E-state index contributed by atoms with van der Waals surface area (Å²) in [7, 11) is 1.62. The highest BCUT2D eigenvalue weighted by molar-refractivity contribution is 5.43. The molecular weight excluding hydrogens is 404 g/mol. The zero-order valence-electron chi connectivity index (χ0n) is 17.9. The van der Waals surface area contributed by atoms with Gasteiger partial charge in [0.2, 0.25) is 5.88 Å². The third kappa shape index (κ3) is 6.10.